The Morgan fingerprint density at radius 2 is 2.00 bits per heavy atom. The first-order chi connectivity index (χ1) is 7.35. The maximum atomic E-state index is 10.1. The van der Waals surface area contributed by atoms with E-state index in [4.69, 9.17) is 4.74 Å². The molecule has 16 heavy (non-hydrogen) atoms. The third kappa shape index (κ3) is 3.84. The summed E-state index contributed by atoms with van der Waals surface area (Å²) in [4.78, 5) is 0. The van der Waals surface area contributed by atoms with E-state index in [-0.39, 0.29) is 29.6 Å². The largest absolute Gasteiger partial charge is 0.390 e. The Labute approximate surface area is 101 Å². The SMILES string of the molecule is C=PCCC1OC(C)[C@H](O)[C@@H]1CC(C)(C)C. The average molecular weight is 244 g/mol. The van der Waals surface area contributed by atoms with Crippen molar-refractivity contribution in [1.29, 1.82) is 0 Å². The first-order valence-corrected chi connectivity index (χ1v) is 7.37. The minimum absolute atomic E-state index is 0.0150. The van der Waals surface area contributed by atoms with Crippen LogP contribution in [0.2, 0.25) is 0 Å². The van der Waals surface area contributed by atoms with Crippen LogP contribution < -0.4 is 0 Å². The molecule has 0 bridgehead atoms. The first kappa shape index (κ1) is 14.2. The van der Waals surface area contributed by atoms with Crippen molar-refractivity contribution in [2.24, 2.45) is 11.3 Å². The summed E-state index contributed by atoms with van der Waals surface area (Å²) in [6.45, 7) is 8.64. The number of aliphatic hydroxyl groups is 1. The molecule has 94 valence electrons. The second kappa shape index (κ2) is 5.62. The number of hydrogen-bond acceptors (Lipinski definition) is 2. The zero-order chi connectivity index (χ0) is 12.3. The van der Waals surface area contributed by atoms with Crippen LogP contribution in [-0.2, 0) is 4.74 Å². The maximum Gasteiger partial charge on any atom is 0.0852 e. The number of hydrogen-bond donors (Lipinski definition) is 1. The molecule has 2 unspecified atom stereocenters. The highest BCUT2D eigenvalue weighted by atomic mass is 31.1. The van der Waals surface area contributed by atoms with Gasteiger partial charge in [-0.25, -0.2) is 0 Å². The van der Waals surface area contributed by atoms with E-state index >= 15 is 0 Å². The van der Waals surface area contributed by atoms with Crippen molar-refractivity contribution in [2.75, 3.05) is 6.16 Å². The smallest absolute Gasteiger partial charge is 0.0852 e. The Bertz CT molecular complexity index is 235. The zero-order valence-electron chi connectivity index (χ0n) is 10.9. The summed E-state index contributed by atoms with van der Waals surface area (Å²) < 4.78 is 5.85. The van der Waals surface area contributed by atoms with Crippen LogP contribution >= 0.6 is 8.20 Å². The Morgan fingerprint density at radius 3 is 2.50 bits per heavy atom. The van der Waals surface area contributed by atoms with Gasteiger partial charge in [-0.2, -0.15) is 0 Å². The molecule has 1 saturated heterocycles. The highest BCUT2D eigenvalue weighted by Crippen LogP contribution is 2.37. The number of ether oxygens (including phenoxy) is 1. The summed E-state index contributed by atoms with van der Waals surface area (Å²) in [7, 11) is 1.17. The predicted molar refractivity (Wildman–Crippen MR) is 71.4 cm³/mol. The lowest BCUT2D eigenvalue weighted by atomic mass is 9.79. The van der Waals surface area contributed by atoms with Gasteiger partial charge in [0.2, 0.25) is 0 Å². The summed E-state index contributed by atoms with van der Waals surface area (Å²) in [5.41, 5.74) is 0.249. The van der Waals surface area contributed by atoms with Gasteiger partial charge in [0.05, 0.1) is 18.3 Å². The fourth-order valence-electron chi connectivity index (χ4n) is 2.49. The molecule has 4 atom stereocenters. The fraction of sp³-hybridized carbons (Fsp3) is 0.923. The molecule has 0 saturated carbocycles. The van der Waals surface area contributed by atoms with Gasteiger partial charge in [0.1, 0.15) is 0 Å². The summed E-state index contributed by atoms with van der Waals surface area (Å²) in [6, 6.07) is 0. The van der Waals surface area contributed by atoms with E-state index < -0.39 is 0 Å². The van der Waals surface area contributed by atoms with E-state index in [0.717, 1.165) is 19.0 Å². The molecule has 0 amide bonds. The molecule has 1 heterocycles. The highest BCUT2D eigenvalue weighted by Gasteiger charge is 2.42. The van der Waals surface area contributed by atoms with Crippen LogP contribution in [0, 0.1) is 11.3 Å². The first-order valence-electron chi connectivity index (χ1n) is 6.11. The lowest BCUT2D eigenvalue weighted by Crippen LogP contribution is -2.30. The summed E-state index contributed by atoms with van der Waals surface area (Å²) in [5.74, 6) is 0.289. The maximum absolute atomic E-state index is 10.1. The Hall–Kier alpha value is 0.0900. The molecular weight excluding hydrogens is 219 g/mol. The standard InChI is InChI=1S/C13H25O2P/c1-9-12(14)10(8-13(2,3)4)11(15-9)6-7-16-5/h9-12,14H,5-8H2,1-4H3/t9?,10-,11?,12+/m1/s1. The number of rotatable bonds is 4. The van der Waals surface area contributed by atoms with Gasteiger partial charge in [-0.1, -0.05) is 27.1 Å². The third-order valence-electron chi connectivity index (χ3n) is 3.21. The van der Waals surface area contributed by atoms with Crippen LogP contribution in [0.25, 0.3) is 0 Å². The minimum atomic E-state index is -0.300. The van der Waals surface area contributed by atoms with Crippen LogP contribution in [0.3, 0.4) is 0 Å². The average Bonchev–Trinajstić information content (AvgIpc) is 2.41. The second-order valence-electron chi connectivity index (χ2n) is 6.03. The lowest BCUT2D eigenvalue weighted by molar-refractivity contribution is 0.0210. The summed E-state index contributed by atoms with van der Waals surface area (Å²) >= 11 is 0. The van der Waals surface area contributed by atoms with Crippen LogP contribution in [0.4, 0.5) is 0 Å². The van der Waals surface area contributed by atoms with E-state index in [1.165, 1.54) is 8.20 Å². The van der Waals surface area contributed by atoms with Crippen molar-refractivity contribution in [2.45, 2.75) is 58.8 Å². The monoisotopic (exact) mass is 244 g/mol. The molecule has 0 spiro atoms. The molecule has 1 rings (SSSR count). The summed E-state index contributed by atoms with van der Waals surface area (Å²) in [6.07, 6.45) is 6.85. The molecule has 1 fully saturated rings. The van der Waals surface area contributed by atoms with Gasteiger partial charge in [-0.15, -0.1) is 8.20 Å². The van der Waals surface area contributed by atoms with Crippen molar-refractivity contribution in [3.05, 3.63) is 0 Å². The second-order valence-corrected chi connectivity index (χ2v) is 6.93. The quantitative estimate of drug-likeness (QED) is 0.770. The topological polar surface area (TPSA) is 29.5 Å². The summed E-state index contributed by atoms with van der Waals surface area (Å²) in [5, 5.41) is 10.1. The number of aliphatic hydroxyl groups excluding tert-OH is 1. The van der Waals surface area contributed by atoms with Crippen molar-refractivity contribution in [3.63, 3.8) is 0 Å². The predicted octanol–water partition coefficient (Wildman–Crippen LogP) is 2.96. The van der Waals surface area contributed by atoms with Gasteiger partial charge < -0.3 is 9.84 Å². The molecule has 0 aromatic carbocycles. The van der Waals surface area contributed by atoms with Gasteiger partial charge in [-0.05, 0) is 31.3 Å². The molecule has 0 radical (unpaired) electrons. The molecule has 1 N–H and O–H groups in total. The minimum Gasteiger partial charge on any atom is -0.390 e. The third-order valence-corrected chi connectivity index (χ3v) is 3.78. The molecule has 0 aromatic rings. The molecule has 0 aliphatic carbocycles. The van der Waals surface area contributed by atoms with Gasteiger partial charge >= 0.3 is 0 Å². The molecule has 0 aromatic heterocycles. The normalized spacial score (nSPS) is 35.8. The zero-order valence-corrected chi connectivity index (χ0v) is 11.8. The molecular formula is C13H25O2P. The lowest BCUT2D eigenvalue weighted by Gasteiger charge is -2.28. The van der Waals surface area contributed by atoms with Gasteiger partial charge in [0, 0.05) is 5.92 Å². The van der Waals surface area contributed by atoms with Crippen LogP contribution in [0.5, 0.6) is 0 Å². The van der Waals surface area contributed by atoms with E-state index in [2.05, 4.69) is 27.1 Å². The molecule has 1 aliphatic heterocycles. The fourth-order valence-corrected chi connectivity index (χ4v) is 2.92. The molecule has 1 aliphatic rings. The van der Waals surface area contributed by atoms with Gasteiger partial charge in [0.15, 0.2) is 0 Å². The Balaban J connectivity index is 2.63. The van der Waals surface area contributed by atoms with Crippen molar-refractivity contribution in [1.82, 2.24) is 0 Å². The van der Waals surface area contributed by atoms with Crippen LogP contribution in [0.1, 0.15) is 40.5 Å². The van der Waals surface area contributed by atoms with E-state index in [0.29, 0.717) is 0 Å². The van der Waals surface area contributed by atoms with Gasteiger partial charge in [0.25, 0.3) is 0 Å². The van der Waals surface area contributed by atoms with Crippen molar-refractivity contribution < 1.29 is 9.84 Å². The van der Waals surface area contributed by atoms with Crippen LogP contribution in [-0.4, -0.2) is 35.9 Å². The van der Waals surface area contributed by atoms with E-state index in [1.54, 1.807) is 0 Å². The van der Waals surface area contributed by atoms with Crippen molar-refractivity contribution in [3.8, 4) is 0 Å². The van der Waals surface area contributed by atoms with Crippen molar-refractivity contribution >= 4 is 14.5 Å². The highest BCUT2D eigenvalue weighted by molar-refractivity contribution is 7.36. The molecule has 3 heteroatoms. The van der Waals surface area contributed by atoms with E-state index in [1.807, 2.05) is 6.92 Å². The van der Waals surface area contributed by atoms with Crippen LogP contribution in [0.15, 0.2) is 0 Å². The Kier molecular flexibility index (Phi) is 4.97. The molecule has 2 nitrogen and oxygen atoms in total. The van der Waals surface area contributed by atoms with Gasteiger partial charge in [-0.3, -0.25) is 0 Å². The van der Waals surface area contributed by atoms with E-state index in [9.17, 15) is 5.11 Å². The Morgan fingerprint density at radius 1 is 1.38 bits per heavy atom.